The van der Waals surface area contributed by atoms with Gasteiger partial charge in [-0.1, -0.05) is 30.3 Å². The number of aryl methyl sites for hydroxylation is 1. The standard InChI is InChI=1S/C30H29FN4O6/c1-19(18-36)40-22-14-21(29(37)32-26-10-11-34(2)33-26)15-23(16-22)41-25-9-8-24-28(27(25)31)39-13-12-35(30(24)38)17-20-6-4-3-5-7-20/h3-11,14-16,19,36H,12-13,17-18H2,1-2H3,(H,32,33,37)/t19-/m0/s1. The number of carbonyl (C=O) groups is 2. The number of amides is 2. The summed E-state index contributed by atoms with van der Waals surface area (Å²) in [6, 6.07) is 18.3. The Morgan fingerprint density at radius 2 is 1.93 bits per heavy atom. The fraction of sp³-hybridized carbons (Fsp3) is 0.233. The molecule has 0 saturated carbocycles. The number of aromatic nitrogens is 2. The summed E-state index contributed by atoms with van der Waals surface area (Å²) in [5, 5.41) is 16.3. The second-order valence-electron chi connectivity index (χ2n) is 9.55. The summed E-state index contributed by atoms with van der Waals surface area (Å²) >= 11 is 0. The zero-order valence-electron chi connectivity index (χ0n) is 22.5. The molecule has 0 saturated heterocycles. The van der Waals surface area contributed by atoms with Gasteiger partial charge >= 0.3 is 0 Å². The fourth-order valence-corrected chi connectivity index (χ4v) is 4.31. The zero-order chi connectivity index (χ0) is 28.9. The van der Waals surface area contributed by atoms with Crippen molar-refractivity contribution in [2.45, 2.75) is 19.6 Å². The van der Waals surface area contributed by atoms with Crippen LogP contribution in [-0.4, -0.2) is 57.5 Å². The Labute approximate surface area is 235 Å². The van der Waals surface area contributed by atoms with Gasteiger partial charge in [-0.05, 0) is 36.8 Å². The van der Waals surface area contributed by atoms with Crippen molar-refractivity contribution in [1.82, 2.24) is 14.7 Å². The van der Waals surface area contributed by atoms with Crippen LogP contribution in [0.2, 0.25) is 0 Å². The van der Waals surface area contributed by atoms with Gasteiger partial charge in [0, 0.05) is 37.5 Å². The summed E-state index contributed by atoms with van der Waals surface area (Å²) in [4.78, 5) is 27.8. The summed E-state index contributed by atoms with van der Waals surface area (Å²) in [7, 11) is 1.72. The van der Waals surface area contributed by atoms with Crippen LogP contribution in [0.5, 0.6) is 23.0 Å². The number of rotatable bonds is 9. The van der Waals surface area contributed by atoms with Crippen LogP contribution in [0.25, 0.3) is 0 Å². The molecule has 2 amide bonds. The van der Waals surface area contributed by atoms with Gasteiger partial charge in [-0.3, -0.25) is 14.3 Å². The number of hydrogen-bond acceptors (Lipinski definition) is 7. The third-order valence-corrected chi connectivity index (χ3v) is 6.32. The Hall–Kier alpha value is -4.90. The smallest absolute Gasteiger partial charge is 0.258 e. The summed E-state index contributed by atoms with van der Waals surface area (Å²) < 4.78 is 34.5. The summed E-state index contributed by atoms with van der Waals surface area (Å²) in [5.41, 5.74) is 1.20. The molecule has 11 heteroatoms. The van der Waals surface area contributed by atoms with E-state index in [2.05, 4.69) is 10.4 Å². The van der Waals surface area contributed by atoms with E-state index in [0.717, 1.165) is 5.56 Å². The van der Waals surface area contributed by atoms with E-state index >= 15 is 4.39 Å². The average molecular weight is 561 g/mol. The molecule has 2 N–H and O–H groups in total. The lowest BCUT2D eigenvalue weighted by atomic mass is 10.1. The molecule has 10 nitrogen and oxygen atoms in total. The van der Waals surface area contributed by atoms with Crippen LogP contribution in [0.1, 0.15) is 33.2 Å². The Bertz CT molecular complexity index is 1560. The minimum Gasteiger partial charge on any atom is -0.488 e. The van der Waals surface area contributed by atoms with E-state index < -0.39 is 17.8 Å². The molecule has 2 heterocycles. The maximum Gasteiger partial charge on any atom is 0.258 e. The van der Waals surface area contributed by atoms with Crippen LogP contribution in [0.4, 0.5) is 10.2 Å². The van der Waals surface area contributed by atoms with Crippen molar-refractivity contribution >= 4 is 17.6 Å². The Kier molecular flexibility index (Phi) is 8.16. The van der Waals surface area contributed by atoms with Gasteiger partial charge in [-0.25, -0.2) is 0 Å². The van der Waals surface area contributed by atoms with Crippen molar-refractivity contribution in [2.75, 3.05) is 25.1 Å². The summed E-state index contributed by atoms with van der Waals surface area (Å²) in [6.07, 6.45) is 1.11. The molecule has 0 spiro atoms. The van der Waals surface area contributed by atoms with Crippen molar-refractivity contribution in [2.24, 2.45) is 7.05 Å². The van der Waals surface area contributed by atoms with Crippen LogP contribution >= 0.6 is 0 Å². The lowest BCUT2D eigenvalue weighted by Gasteiger charge is -2.20. The molecule has 212 valence electrons. The summed E-state index contributed by atoms with van der Waals surface area (Å²) in [5.74, 6) is -1.41. The maximum atomic E-state index is 15.7. The maximum absolute atomic E-state index is 15.7. The van der Waals surface area contributed by atoms with Crippen LogP contribution in [0.15, 0.2) is 72.9 Å². The summed E-state index contributed by atoms with van der Waals surface area (Å²) in [6.45, 7) is 2.15. The largest absolute Gasteiger partial charge is 0.488 e. The predicted molar refractivity (Wildman–Crippen MR) is 148 cm³/mol. The van der Waals surface area contributed by atoms with E-state index in [-0.39, 0.29) is 59.8 Å². The van der Waals surface area contributed by atoms with Gasteiger partial charge in [0.25, 0.3) is 11.8 Å². The van der Waals surface area contributed by atoms with E-state index in [1.807, 2.05) is 30.3 Å². The molecule has 1 atom stereocenters. The highest BCUT2D eigenvalue weighted by atomic mass is 19.1. The highest BCUT2D eigenvalue weighted by molar-refractivity contribution is 6.04. The topological polar surface area (TPSA) is 115 Å². The normalized spacial score (nSPS) is 13.6. The number of aliphatic hydroxyl groups excluding tert-OH is 1. The first kappa shape index (κ1) is 27.7. The van der Waals surface area contributed by atoms with Crippen molar-refractivity contribution in [1.29, 1.82) is 0 Å². The molecule has 1 aliphatic rings. The molecule has 1 aliphatic heterocycles. The van der Waals surface area contributed by atoms with E-state index in [4.69, 9.17) is 14.2 Å². The van der Waals surface area contributed by atoms with Crippen LogP contribution in [0, 0.1) is 5.82 Å². The van der Waals surface area contributed by atoms with Crippen molar-refractivity contribution < 1.29 is 33.3 Å². The zero-order valence-corrected chi connectivity index (χ0v) is 22.5. The first-order chi connectivity index (χ1) is 19.8. The van der Waals surface area contributed by atoms with E-state index in [1.54, 1.807) is 35.8 Å². The molecular formula is C30H29FN4O6. The molecule has 0 radical (unpaired) electrons. The second kappa shape index (κ2) is 12.1. The fourth-order valence-electron chi connectivity index (χ4n) is 4.31. The minimum atomic E-state index is -0.841. The van der Waals surface area contributed by atoms with Crippen LogP contribution < -0.4 is 19.5 Å². The lowest BCUT2D eigenvalue weighted by Crippen LogP contribution is -2.31. The van der Waals surface area contributed by atoms with Gasteiger partial charge in [0.2, 0.25) is 5.82 Å². The molecule has 5 rings (SSSR count). The number of ether oxygens (including phenoxy) is 3. The first-order valence-corrected chi connectivity index (χ1v) is 13.0. The highest BCUT2D eigenvalue weighted by Gasteiger charge is 2.28. The number of carbonyl (C=O) groups excluding carboxylic acids is 2. The van der Waals surface area contributed by atoms with Gasteiger partial charge in [0.05, 0.1) is 18.7 Å². The number of nitrogens with zero attached hydrogens (tertiary/aromatic N) is 3. The number of nitrogens with one attached hydrogen (secondary N) is 1. The molecule has 3 aromatic carbocycles. The van der Waals surface area contributed by atoms with Crippen molar-refractivity contribution in [3.8, 4) is 23.0 Å². The Morgan fingerprint density at radius 1 is 1.15 bits per heavy atom. The number of anilines is 1. The molecule has 0 unspecified atom stereocenters. The predicted octanol–water partition coefficient (Wildman–Crippen LogP) is 4.40. The van der Waals surface area contributed by atoms with Gasteiger partial charge in [0.1, 0.15) is 24.2 Å². The van der Waals surface area contributed by atoms with E-state index in [9.17, 15) is 14.7 Å². The molecule has 0 aliphatic carbocycles. The average Bonchev–Trinajstić information content (AvgIpc) is 3.31. The monoisotopic (exact) mass is 560 g/mol. The van der Waals surface area contributed by atoms with Crippen LogP contribution in [-0.2, 0) is 13.6 Å². The molecule has 0 bridgehead atoms. The van der Waals surface area contributed by atoms with Gasteiger partial charge in [0.15, 0.2) is 17.3 Å². The molecule has 4 aromatic rings. The number of aliphatic hydroxyl groups is 1. The minimum absolute atomic E-state index is 0.0903. The van der Waals surface area contributed by atoms with Crippen LogP contribution in [0.3, 0.4) is 0 Å². The lowest BCUT2D eigenvalue weighted by molar-refractivity contribution is 0.0743. The molecule has 41 heavy (non-hydrogen) atoms. The number of benzene rings is 3. The van der Waals surface area contributed by atoms with Gasteiger partial charge in [-0.2, -0.15) is 9.49 Å². The van der Waals surface area contributed by atoms with Crippen molar-refractivity contribution in [3.05, 3.63) is 95.4 Å². The third-order valence-electron chi connectivity index (χ3n) is 6.32. The Morgan fingerprint density at radius 3 is 2.66 bits per heavy atom. The SMILES string of the molecule is C[C@@H](CO)Oc1cc(Oc2ccc3c(c2F)OCCN(Cc2ccccc2)C3=O)cc(C(=O)Nc2ccn(C)n2)c1. The molecular weight excluding hydrogens is 531 g/mol. The number of halogens is 1. The second-order valence-corrected chi connectivity index (χ2v) is 9.55. The first-order valence-electron chi connectivity index (χ1n) is 13.0. The highest BCUT2D eigenvalue weighted by Crippen LogP contribution is 2.37. The van der Waals surface area contributed by atoms with Crippen molar-refractivity contribution in [3.63, 3.8) is 0 Å². The van der Waals surface area contributed by atoms with E-state index in [0.29, 0.717) is 12.4 Å². The van der Waals surface area contributed by atoms with E-state index in [1.165, 1.54) is 30.3 Å². The molecule has 1 aromatic heterocycles. The van der Waals surface area contributed by atoms with Gasteiger partial charge < -0.3 is 29.5 Å². The number of hydrogen-bond donors (Lipinski definition) is 2. The third kappa shape index (κ3) is 6.47. The van der Waals surface area contributed by atoms with Gasteiger partial charge in [-0.15, -0.1) is 0 Å². The molecule has 0 fully saturated rings. The Balaban J connectivity index is 1.41. The quantitative estimate of drug-likeness (QED) is 0.312. The number of fused-ring (bicyclic) bond motifs is 1.